The maximum absolute atomic E-state index is 12.5. The third-order valence-electron chi connectivity index (χ3n) is 4.77. The summed E-state index contributed by atoms with van der Waals surface area (Å²) in [6.45, 7) is 2.21. The van der Waals surface area contributed by atoms with Gasteiger partial charge >= 0.3 is 0 Å². The molecule has 30 heavy (non-hydrogen) atoms. The fourth-order valence-corrected chi connectivity index (χ4v) is 4.12. The summed E-state index contributed by atoms with van der Waals surface area (Å²) in [4.78, 5) is 12.5. The van der Waals surface area contributed by atoms with Crippen LogP contribution in [0.25, 0.3) is 0 Å². The second-order valence-corrected chi connectivity index (χ2v) is 8.85. The number of nitrogens with zero attached hydrogens (tertiary/aromatic N) is 1. The summed E-state index contributed by atoms with van der Waals surface area (Å²) in [7, 11) is -0.345. The highest BCUT2D eigenvalue weighted by Gasteiger charge is 2.19. The lowest BCUT2D eigenvalue weighted by atomic mass is 10.0. The van der Waals surface area contributed by atoms with Crippen LogP contribution >= 0.6 is 0 Å². The number of carbonyl (C=O) groups excluding carboxylic acids is 1. The smallest absolute Gasteiger partial charge is 0.232 e. The lowest BCUT2D eigenvalue weighted by Crippen LogP contribution is -2.33. The Morgan fingerprint density at radius 1 is 1.07 bits per heavy atom. The zero-order valence-electron chi connectivity index (χ0n) is 17.9. The predicted molar refractivity (Wildman–Crippen MR) is 119 cm³/mol. The van der Waals surface area contributed by atoms with Crippen LogP contribution in [0, 0.1) is 0 Å². The first kappa shape index (κ1) is 23.5. The number of nitrogens with one attached hydrogen (secondary N) is 1. The molecule has 0 radical (unpaired) electrons. The second kappa shape index (κ2) is 10.9. The Hall–Kier alpha value is -2.74. The van der Waals surface area contributed by atoms with Crippen molar-refractivity contribution in [2.24, 2.45) is 0 Å². The Labute approximate surface area is 179 Å². The quantitative estimate of drug-likeness (QED) is 0.585. The average molecular weight is 435 g/mol. The number of anilines is 1. The van der Waals surface area contributed by atoms with Gasteiger partial charge < -0.3 is 14.8 Å². The van der Waals surface area contributed by atoms with Crippen molar-refractivity contribution in [3.8, 4) is 11.5 Å². The van der Waals surface area contributed by atoms with E-state index in [0.29, 0.717) is 17.9 Å². The van der Waals surface area contributed by atoms with Crippen LogP contribution in [0.15, 0.2) is 48.5 Å². The van der Waals surface area contributed by atoms with Gasteiger partial charge in [-0.05, 0) is 42.7 Å². The van der Waals surface area contributed by atoms with Crippen LogP contribution in [0.2, 0.25) is 0 Å². The molecule has 0 spiro atoms. The number of carbonyl (C=O) groups is 1. The topological polar surface area (TPSA) is 84.9 Å². The zero-order chi connectivity index (χ0) is 22.1. The van der Waals surface area contributed by atoms with Gasteiger partial charge in [-0.1, -0.05) is 25.1 Å². The van der Waals surface area contributed by atoms with Gasteiger partial charge in [-0.15, -0.1) is 0 Å². The molecule has 1 N–H and O–H groups in total. The third-order valence-corrected chi connectivity index (χ3v) is 5.96. The molecule has 0 aliphatic carbocycles. The average Bonchev–Trinajstić information content (AvgIpc) is 2.74. The molecule has 0 aliphatic rings. The summed E-state index contributed by atoms with van der Waals surface area (Å²) in [5, 5.41) is 3.02. The van der Waals surface area contributed by atoms with Crippen LogP contribution in [0.3, 0.4) is 0 Å². The van der Waals surface area contributed by atoms with E-state index in [1.807, 2.05) is 31.2 Å². The fraction of sp³-hybridized carbons (Fsp3) is 0.409. The Morgan fingerprint density at radius 2 is 1.73 bits per heavy atom. The molecule has 8 heteroatoms. The molecule has 1 amide bonds. The molecule has 0 heterocycles. The van der Waals surface area contributed by atoms with E-state index in [2.05, 4.69) is 5.32 Å². The lowest BCUT2D eigenvalue weighted by molar-refractivity contribution is -0.121. The SMILES string of the molecule is CC[C@H](NC(=O)CCCN(c1cccc(OC)c1)S(C)(=O)=O)c1ccc(OC)cc1. The van der Waals surface area contributed by atoms with Crippen molar-refractivity contribution >= 4 is 21.6 Å². The summed E-state index contributed by atoms with van der Waals surface area (Å²) in [6.07, 6.45) is 2.53. The monoisotopic (exact) mass is 434 g/mol. The molecule has 0 aromatic heterocycles. The summed E-state index contributed by atoms with van der Waals surface area (Å²) in [6, 6.07) is 14.3. The number of rotatable bonds is 11. The molecule has 0 saturated heterocycles. The van der Waals surface area contributed by atoms with Crippen LogP contribution in [-0.2, 0) is 14.8 Å². The van der Waals surface area contributed by atoms with Crippen molar-refractivity contribution < 1.29 is 22.7 Å². The van der Waals surface area contributed by atoms with E-state index in [1.54, 1.807) is 31.4 Å². The molecule has 2 rings (SSSR count). The van der Waals surface area contributed by atoms with Gasteiger partial charge in [-0.2, -0.15) is 0 Å². The first-order valence-corrected chi connectivity index (χ1v) is 11.7. The number of hydrogen-bond acceptors (Lipinski definition) is 5. The second-order valence-electron chi connectivity index (χ2n) is 6.94. The van der Waals surface area contributed by atoms with Gasteiger partial charge in [0.2, 0.25) is 15.9 Å². The number of amides is 1. The minimum Gasteiger partial charge on any atom is -0.497 e. The summed E-state index contributed by atoms with van der Waals surface area (Å²) < 4.78 is 36.1. The van der Waals surface area contributed by atoms with Gasteiger partial charge in [0.15, 0.2) is 0 Å². The van der Waals surface area contributed by atoms with Gasteiger partial charge in [0.1, 0.15) is 11.5 Å². The highest BCUT2D eigenvalue weighted by Crippen LogP contribution is 2.24. The highest BCUT2D eigenvalue weighted by molar-refractivity contribution is 7.92. The molecule has 0 aliphatic heterocycles. The fourth-order valence-electron chi connectivity index (χ4n) is 3.16. The van der Waals surface area contributed by atoms with E-state index in [4.69, 9.17) is 9.47 Å². The number of hydrogen-bond donors (Lipinski definition) is 1. The van der Waals surface area contributed by atoms with Crippen LogP contribution in [0.5, 0.6) is 11.5 Å². The van der Waals surface area contributed by atoms with Crippen molar-refractivity contribution in [3.05, 3.63) is 54.1 Å². The molecule has 1 atom stereocenters. The Kier molecular flexibility index (Phi) is 8.53. The van der Waals surface area contributed by atoms with Crippen molar-refractivity contribution in [2.45, 2.75) is 32.2 Å². The summed E-state index contributed by atoms with van der Waals surface area (Å²) in [5.74, 6) is 1.22. The van der Waals surface area contributed by atoms with Gasteiger partial charge in [-0.3, -0.25) is 9.10 Å². The highest BCUT2D eigenvalue weighted by atomic mass is 32.2. The van der Waals surface area contributed by atoms with Gasteiger partial charge in [0.25, 0.3) is 0 Å². The number of ether oxygens (including phenoxy) is 2. The maximum Gasteiger partial charge on any atom is 0.232 e. The molecule has 2 aromatic carbocycles. The molecular formula is C22H30N2O5S. The van der Waals surface area contributed by atoms with Crippen LogP contribution in [-0.4, -0.2) is 41.3 Å². The van der Waals surface area contributed by atoms with Crippen molar-refractivity contribution in [2.75, 3.05) is 31.3 Å². The summed E-state index contributed by atoms with van der Waals surface area (Å²) in [5.41, 5.74) is 1.52. The standard InChI is InChI=1S/C22H30N2O5S/c1-5-21(17-11-13-19(28-2)14-12-17)23-22(25)10-7-15-24(30(4,26)27)18-8-6-9-20(16-18)29-3/h6,8-9,11-14,16,21H,5,7,10,15H2,1-4H3,(H,23,25)/t21-/m0/s1. The normalized spacial score (nSPS) is 12.1. The maximum atomic E-state index is 12.5. The van der Waals surface area contributed by atoms with E-state index in [1.165, 1.54) is 11.4 Å². The van der Waals surface area contributed by atoms with E-state index in [-0.39, 0.29) is 24.9 Å². The van der Waals surface area contributed by atoms with Gasteiger partial charge in [0.05, 0.1) is 32.2 Å². The lowest BCUT2D eigenvalue weighted by Gasteiger charge is -2.23. The Bertz CT molecular complexity index is 929. The minimum absolute atomic E-state index is 0.104. The first-order valence-electron chi connectivity index (χ1n) is 9.83. The number of methoxy groups -OCH3 is 2. The summed E-state index contributed by atoms with van der Waals surface area (Å²) >= 11 is 0. The molecular weight excluding hydrogens is 404 g/mol. The van der Waals surface area contributed by atoms with Crippen LogP contribution in [0.4, 0.5) is 5.69 Å². The van der Waals surface area contributed by atoms with Gasteiger partial charge in [-0.25, -0.2) is 8.42 Å². The van der Waals surface area contributed by atoms with Gasteiger partial charge in [0, 0.05) is 19.0 Å². The van der Waals surface area contributed by atoms with Crippen molar-refractivity contribution in [1.29, 1.82) is 0 Å². The number of sulfonamides is 1. The molecule has 7 nitrogen and oxygen atoms in total. The van der Waals surface area contributed by atoms with E-state index >= 15 is 0 Å². The molecule has 0 saturated carbocycles. The molecule has 0 unspecified atom stereocenters. The van der Waals surface area contributed by atoms with Crippen LogP contribution in [0.1, 0.15) is 37.8 Å². The Morgan fingerprint density at radius 3 is 2.30 bits per heavy atom. The molecule has 0 fully saturated rings. The Balaban J connectivity index is 1.97. The molecule has 0 bridgehead atoms. The van der Waals surface area contributed by atoms with Crippen molar-refractivity contribution in [3.63, 3.8) is 0 Å². The van der Waals surface area contributed by atoms with Crippen molar-refractivity contribution in [1.82, 2.24) is 5.32 Å². The minimum atomic E-state index is -3.48. The van der Waals surface area contributed by atoms with E-state index in [9.17, 15) is 13.2 Å². The zero-order valence-corrected chi connectivity index (χ0v) is 18.7. The molecule has 164 valence electrons. The first-order chi connectivity index (χ1) is 14.3. The van der Waals surface area contributed by atoms with Crippen LogP contribution < -0.4 is 19.1 Å². The largest absolute Gasteiger partial charge is 0.497 e. The molecule has 2 aromatic rings. The third kappa shape index (κ3) is 6.66. The van der Waals surface area contributed by atoms with E-state index < -0.39 is 10.0 Å². The predicted octanol–water partition coefficient (Wildman–Crippen LogP) is 3.52. The van der Waals surface area contributed by atoms with E-state index in [0.717, 1.165) is 24.0 Å². The number of benzene rings is 2.